The van der Waals surface area contributed by atoms with Gasteiger partial charge in [0.25, 0.3) is 0 Å². The molecule has 1 aliphatic rings. The Labute approximate surface area is 115 Å². The number of aliphatic carboxylic acids is 1. The molecular formula is C13H14N2O3S. The van der Waals surface area contributed by atoms with Gasteiger partial charge in [-0.15, -0.1) is 0 Å². The largest absolute Gasteiger partial charge is 0.479 e. The van der Waals surface area contributed by atoms with E-state index >= 15 is 0 Å². The van der Waals surface area contributed by atoms with Crippen LogP contribution in [0.5, 0.6) is 0 Å². The molecule has 0 amide bonds. The first-order valence-corrected chi connectivity index (χ1v) is 6.73. The molecule has 0 unspecified atom stereocenters. The van der Waals surface area contributed by atoms with Crippen LogP contribution >= 0.6 is 11.8 Å². The molecule has 6 heteroatoms. The minimum atomic E-state index is -0.967. The summed E-state index contributed by atoms with van der Waals surface area (Å²) in [5, 5.41) is 12.5. The lowest BCUT2D eigenvalue weighted by Gasteiger charge is -2.15. The van der Waals surface area contributed by atoms with Gasteiger partial charge in [0, 0.05) is 30.4 Å². The van der Waals surface area contributed by atoms with Crippen molar-refractivity contribution in [1.29, 1.82) is 0 Å². The van der Waals surface area contributed by atoms with E-state index in [4.69, 9.17) is 9.84 Å². The summed E-state index contributed by atoms with van der Waals surface area (Å²) in [5.41, 5.74) is 2.20. The van der Waals surface area contributed by atoms with Crippen molar-refractivity contribution in [1.82, 2.24) is 10.3 Å². The van der Waals surface area contributed by atoms with Crippen molar-refractivity contribution in [3.05, 3.63) is 53.0 Å². The third-order valence-corrected chi connectivity index (χ3v) is 3.36. The van der Waals surface area contributed by atoms with E-state index in [2.05, 4.69) is 10.3 Å². The van der Waals surface area contributed by atoms with Crippen molar-refractivity contribution in [3.8, 4) is 0 Å². The Bertz CT molecular complexity index is 500. The molecule has 0 atom stereocenters. The lowest BCUT2D eigenvalue weighted by Crippen LogP contribution is -2.16. The molecule has 2 heterocycles. The third kappa shape index (κ3) is 4.67. The lowest BCUT2D eigenvalue weighted by molar-refractivity contribution is -0.140. The zero-order chi connectivity index (χ0) is 13.5. The Hall–Kier alpha value is -1.95. The number of aromatic nitrogens is 1. The molecule has 0 saturated heterocycles. The fourth-order valence-electron chi connectivity index (χ4n) is 1.46. The second kappa shape index (κ2) is 6.84. The van der Waals surface area contributed by atoms with Gasteiger partial charge in [-0.25, -0.2) is 4.79 Å². The Morgan fingerprint density at radius 2 is 2.42 bits per heavy atom. The Morgan fingerprint density at radius 3 is 3.05 bits per heavy atom. The van der Waals surface area contributed by atoms with Crippen LogP contribution < -0.4 is 5.32 Å². The van der Waals surface area contributed by atoms with Crippen molar-refractivity contribution in [3.63, 3.8) is 0 Å². The second-order valence-corrected chi connectivity index (χ2v) is 4.84. The normalized spacial score (nSPS) is 14.3. The van der Waals surface area contributed by atoms with Crippen LogP contribution in [0.25, 0.3) is 0 Å². The molecular weight excluding hydrogens is 264 g/mol. The summed E-state index contributed by atoms with van der Waals surface area (Å²) in [7, 11) is 0. The highest BCUT2D eigenvalue weighted by molar-refractivity contribution is 8.03. The smallest absolute Gasteiger partial charge is 0.341 e. The van der Waals surface area contributed by atoms with Gasteiger partial charge in [-0.05, 0) is 23.8 Å². The minimum absolute atomic E-state index is 0.300. The molecule has 2 N–H and O–H groups in total. The number of nitrogens with zero attached hydrogens (tertiary/aromatic N) is 1. The van der Waals surface area contributed by atoms with Crippen LogP contribution in [0.1, 0.15) is 5.56 Å². The molecule has 19 heavy (non-hydrogen) atoms. The third-order valence-electron chi connectivity index (χ3n) is 2.37. The predicted octanol–water partition coefficient (Wildman–Crippen LogP) is 1.74. The molecule has 0 aromatic carbocycles. The summed E-state index contributed by atoms with van der Waals surface area (Å²) < 4.78 is 5.10. The Kier molecular flexibility index (Phi) is 4.85. The Balaban J connectivity index is 1.81. The second-order valence-electron chi connectivity index (χ2n) is 3.86. The van der Waals surface area contributed by atoms with E-state index < -0.39 is 5.97 Å². The molecule has 0 bridgehead atoms. The van der Waals surface area contributed by atoms with Gasteiger partial charge in [0.15, 0.2) is 11.7 Å². The maximum Gasteiger partial charge on any atom is 0.341 e. The highest BCUT2D eigenvalue weighted by Crippen LogP contribution is 2.23. The van der Waals surface area contributed by atoms with Gasteiger partial charge in [0.1, 0.15) is 0 Å². The molecule has 0 fully saturated rings. The van der Waals surface area contributed by atoms with Gasteiger partial charge < -0.3 is 15.2 Å². The summed E-state index contributed by atoms with van der Waals surface area (Å²) >= 11 is 1.48. The van der Waals surface area contributed by atoms with Gasteiger partial charge in [-0.1, -0.05) is 17.8 Å². The van der Waals surface area contributed by atoms with Crippen LogP contribution in [-0.2, 0) is 16.1 Å². The van der Waals surface area contributed by atoms with Gasteiger partial charge in [-0.2, -0.15) is 0 Å². The first-order valence-electron chi connectivity index (χ1n) is 5.75. The zero-order valence-corrected chi connectivity index (χ0v) is 11.0. The number of allylic oxidation sites excluding steroid dienone is 2. The van der Waals surface area contributed by atoms with E-state index in [1.807, 2.05) is 24.4 Å². The molecule has 1 aromatic rings. The number of carboxylic acid groups (broad SMARTS) is 1. The SMILES string of the molecule is O=C(O)COC1=CC=C(NCc2cccnc2)CS1. The summed E-state index contributed by atoms with van der Waals surface area (Å²) in [4.78, 5) is 14.4. The summed E-state index contributed by atoms with van der Waals surface area (Å²) in [6.07, 6.45) is 7.25. The summed E-state index contributed by atoms with van der Waals surface area (Å²) in [6.45, 7) is 0.421. The van der Waals surface area contributed by atoms with Crippen molar-refractivity contribution in [2.75, 3.05) is 12.4 Å². The van der Waals surface area contributed by atoms with Crippen LogP contribution in [0.3, 0.4) is 0 Å². The highest BCUT2D eigenvalue weighted by Gasteiger charge is 2.09. The number of thioether (sulfide) groups is 1. The van der Waals surface area contributed by atoms with E-state index in [1.165, 1.54) is 11.8 Å². The van der Waals surface area contributed by atoms with Crippen LogP contribution in [0.15, 0.2) is 47.5 Å². The molecule has 0 radical (unpaired) electrons. The molecule has 5 nitrogen and oxygen atoms in total. The molecule has 2 rings (SSSR count). The van der Waals surface area contributed by atoms with Crippen LogP contribution in [-0.4, -0.2) is 28.4 Å². The Morgan fingerprint density at radius 1 is 1.53 bits per heavy atom. The van der Waals surface area contributed by atoms with Crippen molar-refractivity contribution < 1.29 is 14.6 Å². The molecule has 0 spiro atoms. The molecule has 1 aliphatic heterocycles. The average Bonchev–Trinajstić information content (AvgIpc) is 2.45. The van der Waals surface area contributed by atoms with Gasteiger partial charge >= 0.3 is 5.97 Å². The first kappa shape index (κ1) is 13.5. The number of hydrogen-bond acceptors (Lipinski definition) is 5. The maximum absolute atomic E-state index is 10.4. The van der Waals surface area contributed by atoms with Crippen LogP contribution in [0.4, 0.5) is 0 Å². The van der Waals surface area contributed by atoms with E-state index in [9.17, 15) is 4.79 Å². The number of rotatable bonds is 6. The summed E-state index contributed by atoms with van der Waals surface area (Å²) in [5.74, 6) is -0.225. The zero-order valence-electron chi connectivity index (χ0n) is 10.2. The molecule has 100 valence electrons. The van der Waals surface area contributed by atoms with Crippen molar-refractivity contribution in [2.45, 2.75) is 6.54 Å². The monoisotopic (exact) mass is 278 g/mol. The molecule has 1 aromatic heterocycles. The number of ether oxygens (including phenoxy) is 1. The van der Waals surface area contributed by atoms with Gasteiger partial charge in [0.2, 0.25) is 0 Å². The number of pyridine rings is 1. The average molecular weight is 278 g/mol. The minimum Gasteiger partial charge on any atom is -0.479 e. The number of carboxylic acids is 1. The fourth-order valence-corrected chi connectivity index (χ4v) is 2.27. The van der Waals surface area contributed by atoms with E-state index in [1.54, 1.807) is 12.3 Å². The highest BCUT2D eigenvalue weighted by atomic mass is 32.2. The predicted molar refractivity (Wildman–Crippen MR) is 73.3 cm³/mol. The van der Waals surface area contributed by atoms with E-state index in [0.29, 0.717) is 5.09 Å². The van der Waals surface area contributed by atoms with E-state index in [-0.39, 0.29) is 6.61 Å². The lowest BCUT2D eigenvalue weighted by atomic mass is 10.3. The summed E-state index contributed by atoms with van der Waals surface area (Å²) in [6, 6.07) is 3.91. The number of carbonyl (C=O) groups is 1. The first-order chi connectivity index (χ1) is 9.24. The van der Waals surface area contributed by atoms with Crippen molar-refractivity contribution in [2.24, 2.45) is 0 Å². The van der Waals surface area contributed by atoms with Crippen molar-refractivity contribution >= 4 is 17.7 Å². The maximum atomic E-state index is 10.4. The van der Waals surface area contributed by atoms with Crippen LogP contribution in [0.2, 0.25) is 0 Å². The standard InChI is InChI=1S/C13H14N2O3S/c16-12(17)8-18-13-4-3-11(9-19-13)15-7-10-2-1-5-14-6-10/h1-6,15H,7-9H2,(H,16,17). The number of nitrogens with one attached hydrogen (secondary N) is 1. The molecule has 0 aliphatic carbocycles. The van der Waals surface area contributed by atoms with Gasteiger partial charge in [-0.3, -0.25) is 4.98 Å². The topological polar surface area (TPSA) is 71.5 Å². The quantitative estimate of drug-likeness (QED) is 0.826. The van der Waals surface area contributed by atoms with E-state index in [0.717, 1.165) is 23.6 Å². The number of hydrogen-bond donors (Lipinski definition) is 2. The van der Waals surface area contributed by atoms with Crippen LogP contribution in [0, 0.1) is 0 Å². The van der Waals surface area contributed by atoms with Gasteiger partial charge in [0.05, 0.1) is 0 Å². The molecule has 0 saturated carbocycles. The fraction of sp³-hybridized carbons (Fsp3) is 0.231.